The molecule has 33 heavy (non-hydrogen) atoms. The largest absolute Gasteiger partial charge is 0.323 e. The summed E-state index contributed by atoms with van der Waals surface area (Å²) in [5.41, 5.74) is 3.61. The molecule has 0 saturated carbocycles. The number of carbonyl (C=O) groups is 1. The number of benzene rings is 2. The van der Waals surface area contributed by atoms with Crippen LogP contribution in [0.2, 0.25) is 0 Å². The van der Waals surface area contributed by atoms with Crippen LogP contribution < -0.4 is 10.9 Å². The molecule has 0 radical (unpaired) electrons. The molecule has 9 heteroatoms. The smallest absolute Gasteiger partial charge is 0.280 e. The van der Waals surface area contributed by atoms with E-state index in [0.717, 1.165) is 22.9 Å². The molecule has 0 fully saturated rings. The number of anilines is 1. The Morgan fingerprint density at radius 1 is 1.12 bits per heavy atom. The van der Waals surface area contributed by atoms with E-state index in [4.69, 9.17) is 4.98 Å². The summed E-state index contributed by atoms with van der Waals surface area (Å²) in [6, 6.07) is 13.9. The fraction of sp³-hybridized carbons (Fsp3) is 0.250. The fourth-order valence-corrected chi connectivity index (χ4v) is 4.31. The van der Waals surface area contributed by atoms with Crippen molar-refractivity contribution in [3.63, 3.8) is 0 Å². The summed E-state index contributed by atoms with van der Waals surface area (Å²) in [4.78, 5) is 30.7. The molecule has 0 atom stereocenters. The van der Waals surface area contributed by atoms with E-state index >= 15 is 0 Å². The van der Waals surface area contributed by atoms with Crippen LogP contribution in [0.1, 0.15) is 23.7 Å². The quantitative estimate of drug-likeness (QED) is 0.328. The number of aromatic nitrogens is 4. The Hall–Kier alpha value is -3.46. The maximum absolute atomic E-state index is 13.9. The second kappa shape index (κ2) is 9.58. The molecule has 0 saturated heterocycles. The van der Waals surface area contributed by atoms with E-state index in [2.05, 4.69) is 10.4 Å². The van der Waals surface area contributed by atoms with Crippen molar-refractivity contribution in [2.75, 3.05) is 11.1 Å². The Morgan fingerprint density at radius 2 is 1.85 bits per heavy atom. The van der Waals surface area contributed by atoms with Gasteiger partial charge in [-0.05, 0) is 38.5 Å². The highest BCUT2D eigenvalue weighted by molar-refractivity contribution is 7.99. The molecule has 4 rings (SSSR count). The van der Waals surface area contributed by atoms with Crippen LogP contribution in [0.3, 0.4) is 0 Å². The number of nitrogens with one attached hydrogen (secondary N) is 1. The topological polar surface area (TPSA) is 81.8 Å². The van der Waals surface area contributed by atoms with Gasteiger partial charge in [0, 0.05) is 6.54 Å². The predicted molar refractivity (Wildman–Crippen MR) is 128 cm³/mol. The van der Waals surface area contributed by atoms with Crippen LogP contribution in [-0.2, 0) is 17.9 Å². The first-order chi connectivity index (χ1) is 15.9. The second-order valence-electron chi connectivity index (χ2n) is 7.69. The van der Waals surface area contributed by atoms with E-state index < -0.39 is 5.82 Å². The molecule has 7 nitrogen and oxygen atoms in total. The molecule has 0 aliphatic rings. The van der Waals surface area contributed by atoms with Gasteiger partial charge in [0.05, 0.1) is 23.7 Å². The maximum Gasteiger partial charge on any atom is 0.280 e. The molecule has 0 aliphatic heterocycles. The minimum absolute atomic E-state index is 0.0266. The standard InChI is InChI=1S/C24H24FN5O2S/c1-4-30-22-21(16(3)28-30)27-24(29(23(22)32)13-17-11-9-15(2)10-12-17)33-14-20(31)26-19-8-6-5-7-18(19)25/h5-12H,4,13-14H2,1-3H3,(H,26,31). The van der Waals surface area contributed by atoms with Crippen LogP contribution in [0.15, 0.2) is 58.5 Å². The zero-order valence-electron chi connectivity index (χ0n) is 18.6. The lowest BCUT2D eigenvalue weighted by molar-refractivity contribution is -0.113. The first-order valence-electron chi connectivity index (χ1n) is 10.6. The monoisotopic (exact) mass is 465 g/mol. The second-order valence-corrected chi connectivity index (χ2v) is 8.63. The first kappa shape index (κ1) is 22.7. The van der Waals surface area contributed by atoms with Crippen LogP contribution in [-0.4, -0.2) is 31.0 Å². The van der Waals surface area contributed by atoms with E-state index in [-0.39, 0.29) is 22.9 Å². The van der Waals surface area contributed by atoms with Crippen molar-refractivity contribution in [2.24, 2.45) is 0 Å². The van der Waals surface area contributed by atoms with Crippen LogP contribution in [0.5, 0.6) is 0 Å². The molecule has 2 aromatic heterocycles. The Bertz CT molecular complexity index is 1380. The van der Waals surface area contributed by atoms with Gasteiger partial charge in [0.2, 0.25) is 5.91 Å². The molecule has 2 aromatic carbocycles. The molecule has 2 heterocycles. The normalized spacial score (nSPS) is 11.2. The average Bonchev–Trinajstić information content (AvgIpc) is 3.13. The molecular formula is C24H24FN5O2S. The molecule has 0 spiro atoms. The third-order valence-corrected chi connectivity index (χ3v) is 6.20. The average molecular weight is 466 g/mol. The number of aryl methyl sites for hydroxylation is 3. The zero-order valence-corrected chi connectivity index (χ0v) is 19.4. The molecule has 170 valence electrons. The fourth-order valence-electron chi connectivity index (χ4n) is 3.52. The number of nitrogens with zero attached hydrogens (tertiary/aromatic N) is 4. The summed E-state index contributed by atoms with van der Waals surface area (Å²) >= 11 is 1.14. The van der Waals surface area contributed by atoms with Crippen LogP contribution in [0.25, 0.3) is 11.0 Å². The van der Waals surface area contributed by atoms with Crippen LogP contribution in [0.4, 0.5) is 10.1 Å². The third kappa shape index (κ3) is 4.83. The van der Waals surface area contributed by atoms with Crippen LogP contribution >= 0.6 is 11.8 Å². The van der Waals surface area contributed by atoms with E-state index in [1.807, 2.05) is 45.0 Å². The van der Waals surface area contributed by atoms with Crippen molar-refractivity contribution in [3.05, 3.63) is 81.5 Å². The summed E-state index contributed by atoms with van der Waals surface area (Å²) in [6.07, 6.45) is 0. The number of para-hydroxylation sites is 1. The van der Waals surface area contributed by atoms with E-state index in [1.54, 1.807) is 21.4 Å². The van der Waals surface area contributed by atoms with Gasteiger partial charge in [-0.1, -0.05) is 53.7 Å². The summed E-state index contributed by atoms with van der Waals surface area (Å²) < 4.78 is 17.1. The minimum Gasteiger partial charge on any atom is -0.323 e. The summed E-state index contributed by atoms with van der Waals surface area (Å²) in [5, 5.41) is 7.42. The Balaban J connectivity index is 1.68. The summed E-state index contributed by atoms with van der Waals surface area (Å²) in [7, 11) is 0. The van der Waals surface area contributed by atoms with Gasteiger partial charge >= 0.3 is 0 Å². The highest BCUT2D eigenvalue weighted by Crippen LogP contribution is 2.22. The molecule has 0 unspecified atom stereocenters. The Labute approximate surface area is 194 Å². The SMILES string of the molecule is CCn1nc(C)c2nc(SCC(=O)Nc3ccccc3F)n(Cc3ccc(C)cc3)c(=O)c21. The minimum atomic E-state index is -0.505. The lowest BCUT2D eigenvalue weighted by atomic mass is 10.1. The number of amides is 1. The molecule has 1 amide bonds. The third-order valence-electron chi connectivity index (χ3n) is 5.22. The van der Waals surface area contributed by atoms with Crippen molar-refractivity contribution in [3.8, 4) is 0 Å². The van der Waals surface area contributed by atoms with Gasteiger partial charge in [0.1, 0.15) is 11.3 Å². The van der Waals surface area contributed by atoms with Gasteiger partial charge in [-0.15, -0.1) is 0 Å². The molecule has 4 aromatic rings. The van der Waals surface area contributed by atoms with Crippen LogP contribution in [0, 0.1) is 19.7 Å². The first-order valence-corrected chi connectivity index (χ1v) is 11.6. The molecule has 1 N–H and O–H groups in total. The highest BCUT2D eigenvalue weighted by atomic mass is 32.2. The maximum atomic E-state index is 13.9. The lowest BCUT2D eigenvalue weighted by Crippen LogP contribution is -2.26. The molecule has 0 aliphatic carbocycles. The van der Waals surface area contributed by atoms with Gasteiger partial charge < -0.3 is 5.32 Å². The van der Waals surface area contributed by atoms with E-state index in [1.165, 1.54) is 12.1 Å². The number of hydrogen-bond donors (Lipinski definition) is 1. The number of rotatable bonds is 7. The van der Waals surface area contributed by atoms with Crippen molar-refractivity contribution < 1.29 is 9.18 Å². The molecule has 0 bridgehead atoms. The number of halogens is 1. The molecular weight excluding hydrogens is 441 g/mol. The predicted octanol–water partition coefficient (Wildman–Crippen LogP) is 4.15. The number of hydrogen-bond acceptors (Lipinski definition) is 5. The van der Waals surface area contributed by atoms with Gasteiger partial charge in [0.25, 0.3) is 5.56 Å². The van der Waals surface area contributed by atoms with Gasteiger partial charge in [-0.3, -0.25) is 18.8 Å². The van der Waals surface area contributed by atoms with Gasteiger partial charge in [0.15, 0.2) is 10.7 Å². The van der Waals surface area contributed by atoms with E-state index in [9.17, 15) is 14.0 Å². The zero-order chi connectivity index (χ0) is 23.5. The number of fused-ring (bicyclic) bond motifs is 1. The van der Waals surface area contributed by atoms with Gasteiger partial charge in [-0.25, -0.2) is 9.37 Å². The van der Waals surface area contributed by atoms with Crippen molar-refractivity contribution >= 4 is 34.4 Å². The summed E-state index contributed by atoms with van der Waals surface area (Å²) in [5.74, 6) is -0.919. The summed E-state index contributed by atoms with van der Waals surface area (Å²) in [6.45, 7) is 6.59. The highest BCUT2D eigenvalue weighted by Gasteiger charge is 2.19. The lowest BCUT2D eigenvalue weighted by Gasteiger charge is -2.13. The van der Waals surface area contributed by atoms with E-state index in [0.29, 0.717) is 35.0 Å². The number of thioether (sulfide) groups is 1. The Kier molecular flexibility index (Phi) is 6.60. The Morgan fingerprint density at radius 3 is 2.55 bits per heavy atom. The number of carbonyl (C=O) groups excluding carboxylic acids is 1. The van der Waals surface area contributed by atoms with Crippen molar-refractivity contribution in [2.45, 2.75) is 39.0 Å². The van der Waals surface area contributed by atoms with Crippen molar-refractivity contribution in [1.29, 1.82) is 0 Å². The van der Waals surface area contributed by atoms with Gasteiger partial charge in [-0.2, -0.15) is 5.10 Å². The van der Waals surface area contributed by atoms with Crippen molar-refractivity contribution in [1.82, 2.24) is 19.3 Å².